The Morgan fingerprint density at radius 2 is 2.18 bits per heavy atom. The van der Waals surface area contributed by atoms with Gasteiger partial charge in [0.1, 0.15) is 0 Å². The summed E-state index contributed by atoms with van der Waals surface area (Å²) in [5, 5.41) is 2.81. The molecule has 0 aromatic carbocycles. The van der Waals surface area contributed by atoms with Crippen LogP contribution in [0.2, 0.25) is 0 Å². The fraction of sp³-hybridized carbons (Fsp3) is 0.917. The Morgan fingerprint density at radius 1 is 1.47 bits per heavy atom. The number of carbonyl (C=O) groups is 1. The molecule has 0 aliphatic carbocycles. The van der Waals surface area contributed by atoms with Crippen LogP contribution in [0.1, 0.15) is 20.3 Å². The molecule has 0 aromatic rings. The van der Waals surface area contributed by atoms with Gasteiger partial charge in [-0.25, -0.2) is 0 Å². The quantitative estimate of drug-likeness (QED) is 0.630. The maximum Gasteiger partial charge on any atom is 0.234 e. The molecule has 1 rings (SSSR count). The second-order valence-electron chi connectivity index (χ2n) is 4.54. The van der Waals surface area contributed by atoms with Crippen molar-refractivity contribution in [3.05, 3.63) is 0 Å². The predicted molar refractivity (Wildman–Crippen MR) is 69.8 cm³/mol. The van der Waals surface area contributed by atoms with Crippen molar-refractivity contribution >= 4 is 5.91 Å². The highest BCUT2D eigenvalue weighted by atomic mass is 16.2. The molecule has 0 spiro atoms. The summed E-state index contributed by atoms with van der Waals surface area (Å²) in [5.74, 6) is 0.0932. The lowest BCUT2D eigenvalue weighted by molar-refractivity contribution is -0.122. The lowest BCUT2D eigenvalue weighted by atomic mass is 10.2. The van der Waals surface area contributed by atoms with Crippen molar-refractivity contribution in [1.29, 1.82) is 0 Å². The van der Waals surface area contributed by atoms with E-state index in [1.807, 2.05) is 0 Å². The molecule has 1 unspecified atom stereocenters. The van der Waals surface area contributed by atoms with Crippen molar-refractivity contribution in [2.75, 3.05) is 45.8 Å². The first-order valence-corrected chi connectivity index (χ1v) is 6.64. The van der Waals surface area contributed by atoms with Gasteiger partial charge in [0, 0.05) is 32.2 Å². The molecule has 0 aromatic heterocycles. The van der Waals surface area contributed by atoms with Gasteiger partial charge < -0.3 is 11.1 Å². The van der Waals surface area contributed by atoms with Gasteiger partial charge in [0.25, 0.3) is 0 Å². The number of hydrogen-bond donors (Lipinski definition) is 2. The Bertz CT molecular complexity index is 231. The molecule has 1 fully saturated rings. The third-order valence-corrected chi connectivity index (χ3v) is 3.41. The van der Waals surface area contributed by atoms with E-state index in [0.717, 1.165) is 26.2 Å². The van der Waals surface area contributed by atoms with E-state index in [1.165, 1.54) is 6.42 Å². The van der Waals surface area contributed by atoms with Gasteiger partial charge in [-0.3, -0.25) is 14.6 Å². The van der Waals surface area contributed by atoms with Crippen LogP contribution in [0.4, 0.5) is 0 Å². The van der Waals surface area contributed by atoms with Crippen molar-refractivity contribution < 1.29 is 4.79 Å². The third kappa shape index (κ3) is 4.61. The Labute approximate surface area is 104 Å². The Kier molecular flexibility index (Phi) is 6.47. The topological polar surface area (TPSA) is 61.6 Å². The van der Waals surface area contributed by atoms with Crippen molar-refractivity contribution in [3.63, 3.8) is 0 Å². The second kappa shape index (κ2) is 7.63. The fourth-order valence-electron chi connectivity index (χ4n) is 2.46. The Balaban J connectivity index is 2.27. The van der Waals surface area contributed by atoms with E-state index in [1.54, 1.807) is 0 Å². The molecule has 0 radical (unpaired) electrons. The maximum atomic E-state index is 11.6. The van der Waals surface area contributed by atoms with E-state index in [9.17, 15) is 4.79 Å². The number of likely N-dealkylation sites (tertiary alicyclic amines) is 1. The number of rotatable bonds is 7. The van der Waals surface area contributed by atoms with E-state index in [-0.39, 0.29) is 5.91 Å². The molecule has 1 heterocycles. The van der Waals surface area contributed by atoms with E-state index in [0.29, 0.717) is 25.7 Å². The number of nitrogens with two attached hydrogens (primary N) is 1. The predicted octanol–water partition coefficient (Wildman–Crippen LogP) is -0.523. The summed E-state index contributed by atoms with van der Waals surface area (Å²) < 4.78 is 0. The second-order valence-corrected chi connectivity index (χ2v) is 4.54. The van der Waals surface area contributed by atoms with Crippen molar-refractivity contribution in [2.24, 2.45) is 5.73 Å². The van der Waals surface area contributed by atoms with Gasteiger partial charge >= 0.3 is 0 Å². The molecule has 1 aliphatic heterocycles. The molecule has 0 saturated carbocycles. The van der Waals surface area contributed by atoms with Gasteiger partial charge in [0.15, 0.2) is 0 Å². The molecule has 1 aliphatic rings. The van der Waals surface area contributed by atoms with Gasteiger partial charge in [-0.05, 0) is 19.5 Å². The van der Waals surface area contributed by atoms with Crippen molar-refractivity contribution in [3.8, 4) is 0 Å². The van der Waals surface area contributed by atoms with Crippen LogP contribution in [0.25, 0.3) is 0 Å². The lowest BCUT2D eigenvalue weighted by Gasteiger charge is -2.26. The average molecular weight is 242 g/mol. The number of amides is 1. The smallest absolute Gasteiger partial charge is 0.234 e. The van der Waals surface area contributed by atoms with Gasteiger partial charge in [0.05, 0.1) is 6.54 Å². The molecule has 17 heavy (non-hydrogen) atoms. The summed E-state index contributed by atoms with van der Waals surface area (Å²) in [5.41, 5.74) is 5.35. The first-order valence-electron chi connectivity index (χ1n) is 6.64. The van der Waals surface area contributed by atoms with Crippen LogP contribution in [0.15, 0.2) is 0 Å². The normalized spacial score (nSPS) is 21.1. The summed E-state index contributed by atoms with van der Waals surface area (Å²) in [6.45, 7) is 10.2. The van der Waals surface area contributed by atoms with Crippen LogP contribution in [0.5, 0.6) is 0 Å². The van der Waals surface area contributed by atoms with Crippen LogP contribution in [-0.2, 0) is 4.79 Å². The van der Waals surface area contributed by atoms with Gasteiger partial charge in [-0.1, -0.05) is 13.8 Å². The molecule has 100 valence electrons. The first-order chi connectivity index (χ1) is 8.21. The van der Waals surface area contributed by atoms with E-state index >= 15 is 0 Å². The van der Waals surface area contributed by atoms with Crippen LogP contribution in [-0.4, -0.2) is 67.6 Å². The summed E-state index contributed by atoms with van der Waals surface area (Å²) in [7, 11) is 0. The van der Waals surface area contributed by atoms with Crippen LogP contribution in [0, 0.1) is 0 Å². The maximum absolute atomic E-state index is 11.6. The lowest BCUT2D eigenvalue weighted by Crippen LogP contribution is -2.41. The minimum atomic E-state index is 0.0932. The largest absolute Gasteiger partial charge is 0.354 e. The van der Waals surface area contributed by atoms with E-state index in [2.05, 4.69) is 29.0 Å². The fourth-order valence-corrected chi connectivity index (χ4v) is 2.46. The summed E-state index contributed by atoms with van der Waals surface area (Å²) in [4.78, 5) is 16.3. The Morgan fingerprint density at radius 3 is 2.76 bits per heavy atom. The number of nitrogens with zero attached hydrogens (tertiary/aromatic N) is 2. The highest BCUT2D eigenvalue weighted by molar-refractivity contribution is 5.78. The molecule has 3 N–H and O–H groups in total. The van der Waals surface area contributed by atoms with Gasteiger partial charge in [0.2, 0.25) is 5.91 Å². The highest BCUT2D eigenvalue weighted by Gasteiger charge is 2.26. The Hall–Kier alpha value is -0.650. The van der Waals surface area contributed by atoms with Gasteiger partial charge in [-0.15, -0.1) is 0 Å². The number of carbonyl (C=O) groups excluding carboxylic acids is 1. The molecular formula is C12H26N4O. The van der Waals surface area contributed by atoms with Crippen LogP contribution in [0.3, 0.4) is 0 Å². The number of likely N-dealkylation sites (N-methyl/N-ethyl adjacent to an activating group) is 1. The van der Waals surface area contributed by atoms with Gasteiger partial charge in [-0.2, -0.15) is 0 Å². The molecule has 5 nitrogen and oxygen atoms in total. The highest BCUT2D eigenvalue weighted by Crippen LogP contribution is 2.14. The zero-order valence-electron chi connectivity index (χ0n) is 11.1. The molecular weight excluding hydrogens is 216 g/mol. The molecule has 0 bridgehead atoms. The number of nitrogens with one attached hydrogen (secondary N) is 1. The van der Waals surface area contributed by atoms with Crippen LogP contribution < -0.4 is 11.1 Å². The number of hydrogen-bond acceptors (Lipinski definition) is 4. The average Bonchev–Trinajstić information content (AvgIpc) is 2.76. The minimum Gasteiger partial charge on any atom is -0.354 e. The SMILES string of the molecule is CCN(CC)C1CCN(CC(=O)NCCN)C1. The first kappa shape index (κ1) is 14.4. The molecule has 1 amide bonds. The zero-order chi connectivity index (χ0) is 12.7. The molecule has 1 atom stereocenters. The zero-order valence-corrected chi connectivity index (χ0v) is 11.1. The molecule has 1 saturated heterocycles. The third-order valence-electron chi connectivity index (χ3n) is 3.41. The monoisotopic (exact) mass is 242 g/mol. The van der Waals surface area contributed by atoms with Crippen LogP contribution >= 0.6 is 0 Å². The van der Waals surface area contributed by atoms with Crippen molar-refractivity contribution in [2.45, 2.75) is 26.3 Å². The van der Waals surface area contributed by atoms with E-state index < -0.39 is 0 Å². The van der Waals surface area contributed by atoms with E-state index in [4.69, 9.17) is 5.73 Å². The minimum absolute atomic E-state index is 0.0932. The van der Waals surface area contributed by atoms with Crippen molar-refractivity contribution in [1.82, 2.24) is 15.1 Å². The summed E-state index contributed by atoms with van der Waals surface area (Å²) in [6.07, 6.45) is 1.17. The standard InChI is InChI=1S/C12H26N4O/c1-3-16(4-2)11-5-8-15(9-11)10-12(17)14-7-6-13/h11H,3-10,13H2,1-2H3,(H,14,17). The molecule has 5 heteroatoms. The summed E-state index contributed by atoms with van der Waals surface area (Å²) in [6, 6.07) is 0.618. The summed E-state index contributed by atoms with van der Waals surface area (Å²) >= 11 is 0.